The van der Waals surface area contributed by atoms with Gasteiger partial charge in [0.1, 0.15) is 0 Å². The van der Waals surface area contributed by atoms with E-state index in [0.29, 0.717) is 4.58 Å². The van der Waals surface area contributed by atoms with E-state index < -0.39 is 0 Å². The van der Waals surface area contributed by atoms with Crippen LogP contribution in [0.4, 0.5) is 0 Å². The van der Waals surface area contributed by atoms with Gasteiger partial charge >= 0.3 is 0 Å². The van der Waals surface area contributed by atoms with Crippen LogP contribution < -0.4 is 0 Å². The normalized spacial score (nSPS) is 38.8. The molecule has 12 heavy (non-hydrogen) atoms. The zero-order valence-electron chi connectivity index (χ0n) is 7.54. The van der Waals surface area contributed by atoms with Gasteiger partial charge in [0.15, 0.2) is 0 Å². The van der Waals surface area contributed by atoms with E-state index in [2.05, 4.69) is 30.4 Å². The summed E-state index contributed by atoms with van der Waals surface area (Å²) in [5.41, 5.74) is 0.190. The van der Waals surface area contributed by atoms with Crippen molar-refractivity contribution in [2.75, 3.05) is 18.1 Å². The highest BCUT2D eigenvalue weighted by Crippen LogP contribution is 2.44. The molecule has 0 bridgehead atoms. The van der Waals surface area contributed by atoms with Crippen molar-refractivity contribution in [3.63, 3.8) is 0 Å². The van der Waals surface area contributed by atoms with Crippen LogP contribution in [0.1, 0.15) is 26.2 Å². The number of ether oxygens (including phenoxy) is 1. The molecule has 1 nitrogen and oxygen atoms in total. The van der Waals surface area contributed by atoms with Crippen molar-refractivity contribution >= 4 is 23.5 Å². The van der Waals surface area contributed by atoms with Gasteiger partial charge in [0.25, 0.3) is 0 Å². The predicted molar refractivity (Wildman–Crippen MR) is 56.9 cm³/mol. The third-order valence-electron chi connectivity index (χ3n) is 2.58. The van der Waals surface area contributed by atoms with Gasteiger partial charge in [0.2, 0.25) is 0 Å². The van der Waals surface area contributed by atoms with E-state index in [1.165, 1.54) is 30.8 Å². The number of thioether (sulfide) groups is 2. The lowest BCUT2D eigenvalue weighted by molar-refractivity contribution is 0.0343. The Hall–Kier alpha value is 0.660. The highest BCUT2D eigenvalue weighted by molar-refractivity contribution is 8.17. The summed E-state index contributed by atoms with van der Waals surface area (Å²) in [7, 11) is 0. The zero-order chi connectivity index (χ0) is 8.44. The van der Waals surface area contributed by atoms with Crippen LogP contribution in [-0.2, 0) is 4.74 Å². The van der Waals surface area contributed by atoms with Crippen LogP contribution >= 0.6 is 23.5 Å². The molecule has 1 unspecified atom stereocenters. The molecule has 2 aliphatic rings. The van der Waals surface area contributed by atoms with Crippen molar-refractivity contribution in [1.29, 1.82) is 0 Å². The first-order valence-electron chi connectivity index (χ1n) is 4.68. The van der Waals surface area contributed by atoms with Crippen LogP contribution in [-0.4, -0.2) is 28.3 Å². The van der Waals surface area contributed by atoms with E-state index in [-0.39, 0.29) is 5.60 Å². The molecule has 0 spiro atoms. The Balaban J connectivity index is 1.96. The van der Waals surface area contributed by atoms with Crippen LogP contribution in [0.15, 0.2) is 0 Å². The quantitative estimate of drug-likeness (QED) is 0.650. The molecule has 2 fully saturated rings. The number of rotatable bonds is 1. The summed E-state index contributed by atoms with van der Waals surface area (Å²) in [4.78, 5) is 0. The fraction of sp³-hybridized carbons (Fsp3) is 1.00. The van der Waals surface area contributed by atoms with E-state index >= 15 is 0 Å². The molecule has 2 heterocycles. The maximum absolute atomic E-state index is 5.84. The minimum absolute atomic E-state index is 0.190. The lowest BCUT2D eigenvalue weighted by Crippen LogP contribution is -2.35. The number of hydrogen-bond donors (Lipinski definition) is 0. The monoisotopic (exact) mass is 204 g/mol. The standard InChI is InChI=1S/C9H16OS2/c1-9(4-2-5-10-9)8-11-6-3-7-12-8/h8H,2-7H2,1H3. The molecule has 0 amide bonds. The Kier molecular flexibility index (Phi) is 2.93. The molecule has 0 N–H and O–H groups in total. The molecule has 0 aromatic rings. The van der Waals surface area contributed by atoms with Gasteiger partial charge in [-0.05, 0) is 37.7 Å². The lowest BCUT2D eigenvalue weighted by atomic mass is 10.1. The van der Waals surface area contributed by atoms with Crippen molar-refractivity contribution in [3.05, 3.63) is 0 Å². The Morgan fingerprint density at radius 2 is 2.00 bits per heavy atom. The third kappa shape index (κ3) is 1.78. The molecule has 0 radical (unpaired) electrons. The van der Waals surface area contributed by atoms with Gasteiger partial charge in [-0.3, -0.25) is 0 Å². The SMILES string of the molecule is CC1(C2SCCCS2)CCCO1. The van der Waals surface area contributed by atoms with Crippen LogP contribution in [0, 0.1) is 0 Å². The van der Waals surface area contributed by atoms with Gasteiger partial charge in [-0.1, -0.05) is 0 Å². The van der Waals surface area contributed by atoms with Gasteiger partial charge in [-0.15, -0.1) is 23.5 Å². The van der Waals surface area contributed by atoms with Gasteiger partial charge in [0, 0.05) is 6.61 Å². The van der Waals surface area contributed by atoms with Gasteiger partial charge in [-0.25, -0.2) is 0 Å². The fourth-order valence-electron chi connectivity index (χ4n) is 1.83. The van der Waals surface area contributed by atoms with E-state index in [4.69, 9.17) is 4.74 Å². The summed E-state index contributed by atoms with van der Waals surface area (Å²) in [5.74, 6) is 2.66. The summed E-state index contributed by atoms with van der Waals surface area (Å²) in [6, 6.07) is 0. The lowest BCUT2D eigenvalue weighted by Gasteiger charge is -2.34. The maximum Gasteiger partial charge on any atom is 0.0864 e. The van der Waals surface area contributed by atoms with Crippen LogP contribution in [0.3, 0.4) is 0 Å². The Morgan fingerprint density at radius 1 is 1.25 bits per heavy atom. The molecule has 3 heteroatoms. The summed E-state index contributed by atoms with van der Waals surface area (Å²) in [6.07, 6.45) is 3.90. The summed E-state index contributed by atoms with van der Waals surface area (Å²) in [5, 5.41) is 0. The maximum atomic E-state index is 5.84. The van der Waals surface area contributed by atoms with Gasteiger partial charge < -0.3 is 4.74 Å². The van der Waals surface area contributed by atoms with Gasteiger partial charge in [0.05, 0.1) is 10.2 Å². The van der Waals surface area contributed by atoms with Crippen LogP contribution in [0.2, 0.25) is 0 Å². The molecular formula is C9H16OS2. The first kappa shape index (κ1) is 9.22. The summed E-state index contributed by atoms with van der Waals surface area (Å²) >= 11 is 4.19. The Labute approximate surface area is 83.0 Å². The molecular weight excluding hydrogens is 188 g/mol. The average Bonchev–Trinajstić information content (AvgIpc) is 2.55. The van der Waals surface area contributed by atoms with E-state index in [1.54, 1.807) is 0 Å². The topological polar surface area (TPSA) is 9.23 Å². The molecule has 0 aliphatic carbocycles. The highest BCUT2D eigenvalue weighted by atomic mass is 32.2. The predicted octanol–water partition coefficient (Wildman–Crippen LogP) is 2.75. The summed E-state index contributed by atoms with van der Waals surface area (Å²) < 4.78 is 6.54. The van der Waals surface area contributed by atoms with Crippen molar-refractivity contribution in [3.8, 4) is 0 Å². The second-order valence-electron chi connectivity index (χ2n) is 3.69. The largest absolute Gasteiger partial charge is 0.373 e. The minimum atomic E-state index is 0.190. The van der Waals surface area contributed by atoms with E-state index in [0.717, 1.165) is 6.61 Å². The smallest absolute Gasteiger partial charge is 0.0864 e. The zero-order valence-corrected chi connectivity index (χ0v) is 9.18. The van der Waals surface area contributed by atoms with Crippen molar-refractivity contribution in [2.45, 2.75) is 36.4 Å². The molecule has 2 aliphatic heterocycles. The molecule has 1 atom stereocenters. The Bertz CT molecular complexity index is 149. The van der Waals surface area contributed by atoms with Crippen molar-refractivity contribution in [1.82, 2.24) is 0 Å². The molecule has 70 valence electrons. The molecule has 0 aromatic carbocycles. The second-order valence-corrected chi connectivity index (χ2v) is 6.42. The second kappa shape index (κ2) is 3.81. The number of hydrogen-bond acceptors (Lipinski definition) is 3. The van der Waals surface area contributed by atoms with Gasteiger partial charge in [-0.2, -0.15) is 0 Å². The highest BCUT2D eigenvalue weighted by Gasteiger charge is 2.39. The van der Waals surface area contributed by atoms with Crippen molar-refractivity contribution < 1.29 is 4.74 Å². The van der Waals surface area contributed by atoms with Crippen molar-refractivity contribution in [2.24, 2.45) is 0 Å². The molecule has 2 saturated heterocycles. The molecule has 0 aromatic heterocycles. The van der Waals surface area contributed by atoms with E-state index in [9.17, 15) is 0 Å². The van der Waals surface area contributed by atoms with Crippen LogP contribution in [0.25, 0.3) is 0 Å². The minimum Gasteiger partial charge on any atom is -0.373 e. The van der Waals surface area contributed by atoms with E-state index in [1.807, 2.05) is 0 Å². The molecule has 2 rings (SSSR count). The summed E-state index contributed by atoms with van der Waals surface area (Å²) in [6.45, 7) is 3.27. The fourth-order valence-corrected chi connectivity index (χ4v) is 5.10. The first-order chi connectivity index (χ1) is 5.81. The first-order valence-corrected chi connectivity index (χ1v) is 6.78. The molecule has 0 saturated carbocycles. The Morgan fingerprint density at radius 3 is 2.58 bits per heavy atom. The average molecular weight is 204 g/mol. The van der Waals surface area contributed by atoms with Crippen LogP contribution in [0.5, 0.6) is 0 Å². The third-order valence-corrected chi connectivity index (χ3v) is 6.04.